The number of benzene rings is 1. The van der Waals surface area contributed by atoms with Crippen molar-refractivity contribution < 1.29 is 12.8 Å². The molecule has 1 saturated carbocycles. The Morgan fingerprint density at radius 1 is 1.38 bits per heavy atom. The van der Waals surface area contributed by atoms with Gasteiger partial charge in [-0.25, -0.2) is 17.5 Å². The van der Waals surface area contributed by atoms with Gasteiger partial charge in [0.1, 0.15) is 5.82 Å². The monoisotopic (exact) mass is 332 g/mol. The minimum absolute atomic E-state index is 0.0229. The van der Waals surface area contributed by atoms with Crippen LogP contribution in [0.3, 0.4) is 0 Å². The summed E-state index contributed by atoms with van der Waals surface area (Å²) in [5.74, 6) is -0.397. The molecule has 2 N–H and O–H groups in total. The fraction of sp³-hybridized carbons (Fsp3) is 0.571. The van der Waals surface area contributed by atoms with E-state index >= 15 is 0 Å². The van der Waals surface area contributed by atoms with Crippen molar-refractivity contribution in [2.24, 2.45) is 0 Å². The molecule has 0 radical (unpaired) electrons. The van der Waals surface area contributed by atoms with Crippen LogP contribution in [0.1, 0.15) is 24.8 Å². The number of thioether (sulfide) groups is 1. The molecule has 21 heavy (non-hydrogen) atoms. The summed E-state index contributed by atoms with van der Waals surface area (Å²) >= 11 is 1.78. The number of hydrogen-bond donors (Lipinski definition) is 2. The Bertz CT molecular complexity index is 593. The first-order valence-corrected chi connectivity index (χ1v) is 9.71. The highest BCUT2D eigenvalue weighted by Gasteiger charge is 2.28. The van der Waals surface area contributed by atoms with Gasteiger partial charge in [-0.05, 0) is 50.8 Å². The van der Waals surface area contributed by atoms with Gasteiger partial charge in [0.15, 0.2) is 0 Å². The highest BCUT2D eigenvalue weighted by molar-refractivity contribution is 7.99. The summed E-state index contributed by atoms with van der Waals surface area (Å²) in [5.41, 5.74) is 0.355. The van der Waals surface area contributed by atoms with Crippen LogP contribution < -0.4 is 10.0 Å². The molecule has 1 aliphatic carbocycles. The Balaban J connectivity index is 2.14. The van der Waals surface area contributed by atoms with Crippen molar-refractivity contribution in [1.82, 2.24) is 10.0 Å². The molecule has 4 nitrogen and oxygen atoms in total. The van der Waals surface area contributed by atoms with Crippen LogP contribution in [0, 0.1) is 5.82 Å². The third kappa shape index (κ3) is 4.18. The SMILES string of the molecule is CNCc1cc(S(=O)(=O)NC2CCC(SC)C2)ccc1F. The number of hydrogen-bond acceptors (Lipinski definition) is 4. The van der Waals surface area contributed by atoms with E-state index in [1.165, 1.54) is 18.2 Å². The number of nitrogens with one attached hydrogen (secondary N) is 2. The Hall–Kier alpha value is -0.630. The van der Waals surface area contributed by atoms with E-state index in [2.05, 4.69) is 10.0 Å². The Morgan fingerprint density at radius 3 is 2.76 bits per heavy atom. The molecule has 0 heterocycles. The van der Waals surface area contributed by atoms with Crippen LogP contribution in [-0.2, 0) is 16.6 Å². The third-order valence-corrected chi connectivity index (χ3v) is 6.35. The van der Waals surface area contributed by atoms with Crippen molar-refractivity contribution in [3.05, 3.63) is 29.6 Å². The number of sulfonamides is 1. The molecule has 0 aromatic heterocycles. The topological polar surface area (TPSA) is 58.2 Å². The van der Waals surface area contributed by atoms with Gasteiger partial charge < -0.3 is 5.32 Å². The van der Waals surface area contributed by atoms with E-state index in [9.17, 15) is 12.8 Å². The molecule has 1 fully saturated rings. The van der Waals surface area contributed by atoms with Gasteiger partial charge in [-0.3, -0.25) is 0 Å². The largest absolute Gasteiger partial charge is 0.316 e. The first kappa shape index (κ1) is 16.7. The zero-order valence-corrected chi connectivity index (χ0v) is 13.9. The summed E-state index contributed by atoms with van der Waals surface area (Å²) in [6, 6.07) is 3.90. The zero-order chi connectivity index (χ0) is 15.5. The summed E-state index contributed by atoms with van der Waals surface area (Å²) in [7, 11) is -1.89. The summed E-state index contributed by atoms with van der Waals surface area (Å²) in [4.78, 5) is 0.127. The molecular formula is C14H21FN2O2S2. The van der Waals surface area contributed by atoms with Gasteiger partial charge in [-0.15, -0.1) is 0 Å². The summed E-state index contributed by atoms with van der Waals surface area (Å²) in [6.07, 6.45) is 4.79. The molecule has 1 aromatic carbocycles. The average Bonchev–Trinajstić information content (AvgIpc) is 2.88. The predicted molar refractivity (Wildman–Crippen MR) is 84.4 cm³/mol. The smallest absolute Gasteiger partial charge is 0.240 e. The molecule has 0 spiro atoms. The van der Waals surface area contributed by atoms with Crippen LogP contribution in [-0.4, -0.2) is 33.0 Å². The van der Waals surface area contributed by atoms with Crippen molar-refractivity contribution in [2.75, 3.05) is 13.3 Å². The summed E-state index contributed by atoms with van der Waals surface area (Å²) in [5, 5.41) is 3.35. The molecule has 7 heteroatoms. The van der Waals surface area contributed by atoms with Gasteiger partial charge in [0, 0.05) is 23.4 Å². The van der Waals surface area contributed by atoms with Gasteiger partial charge in [0.2, 0.25) is 10.0 Å². The van der Waals surface area contributed by atoms with Crippen LogP contribution in [0.25, 0.3) is 0 Å². The average molecular weight is 332 g/mol. The molecule has 118 valence electrons. The Morgan fingerprint density at radius 2 is 2.14 bits per heavy atom. The lowest BCUT2D eigenvalue weighted by molar-refractivity contribution is 0.551. The molecule has 0 aliphatic heterocycles. The van der Waals surface area contributed by atoms with Crippen molar-refractivity contribution in [1.29, 1.82) is 0 Å². The van der Waals surface area contributed by atoms with Crippen molar-refractivity contribution in [3.8, 4) is 0 Å². The van der Waals surface area contributed by atoms with E-state index in [1.54, 1.807) is 18.8 Å². The maximum atomic E-state index is 13.6. The van der Waals surface area contributed by atoms with Gasteiger partial charge >= 0.3 is 0 Å². The second-order valence-corrected chi connectivity index (χ2v) is 8.12. The molecule has 0 amide bonds. The van der Waals surface area contributed by atoms with Gasteiger partial charge in [0.05, 0.1) is 4.90 Å². The standard InChI is InChI=1S/C14H21FN2O2S2/c1-16-9-10-7-13(5-6-14(10)15)21(18,19)17-11-3-4-12(8-11)20-2/h5-7,11-12,16-17H,3-4,8-9H2,1-2H3. The lowest BCUT2D eigenvalue weighted by Gasteiger charge is -2.14. The maximum Gasteiger partial charge on any atom is 0.240 e. The molecule has 0 saturated heterocycles. The van der Waals surface area contributed by atoms with Gasteiger partial charge in [-0.1, -0.05) is 0 Å². The van der Waals surface area contributed by atoms with Crippen LogP contribution >= 0.6 is 11.8 Å². The van der Waals surface area contributed by atoms with Gasteiger partial charge in [0.25, 0.3) is 0 Å². The first-order chi connectivity index (χ1) is 9.96. The fourth-order valence-corrected chi connectivity index (χ4v) is 4.72. The second kappa shape index (κ2) is 7.09. The van der Waals surface area contributed by atoms with Crippen LogP contribution in [0.15, 0.2) is 23.1 Å². The maximum absolute atomic E-state index is 13.6. The molecule has 0 bridgehead atoms. The van der Waals surface area contributed by atoms with E-state index in [-0.39, 0.29) is 10.9 Å². The molecule has 2 atom stereocenters. The molecule has 2 unspecified atom stereocenters. The molecular weight excluding hydrogens is 311 g/mol. The molecule has 1 aromatic rings. The van der Waals surface area contributed by atoms with E-state index in [1.807, 2.05) is 6.26 Å². The van der Waals surface area contributed by atoms with Crippen molar-refractivity contribution in [3.63, 3.8) is 0 Å². The van der Waals surface area contributed by atoms with Crippen molar-refractivity contribution >= 4 is 21.8 Å². The highest BCUT2D eigenvalue weighted by atomic mass is 32.2. The lowest BCUT2D eigenvalue weighted by atomic mass is 10.2. The van der Waals surface area contributed by atoms with E-state index in [4.69, 9.17) is 0 Å². The summed E-state index contributed by atoms with van der Waals surface area (Å²) in [6.45, 7) is 0.299. The summed E-state index contributed by atoms with van der Waals surface area (Å²) < 4.78 is 41.1. The predicted octanol–water partition coefficient (Wildman–Crippen LogP) is 2.11. The first-order valence-electron chi connectivity index (χ1n) is 6.94. The zero-order valence-electron chi connectivity index (χ0n) is 12.2. The van der Waals surface area contributed by atoms with Crippen LogP contribution in [0.2, 0.25) is 0 Å². The Kier molecular flexibility index (Phi) is 5.65. The second-order valence-electron chi connectivity index (χ2n) is 5.27. The quantitative estimate of drug-likeness (QED) is 0.838. The highest BCUT2D eigenvalue weighted by Crippen LogP contribution is 2.29. The van der Waals surface area contributed by atoms with E-state index in [0.29, 0.717) is 17.4 Å². The minimum atomic E-state index is -3.59. The third-order valence-electron chi connectivity index (χ3n) is 3.73. The minimum Gasteiger partial charge on any atom is -0.316 e. The lowest BCUT2D eigenvalue weighted by Crippen LogP contribution is -2.33. The van der Waals surface area contributed by atoms with E-state index < -0.39 is 15.8 Å². The Labute approximate surface area is 129 Å². The number of rotatable bonds is 6. The number of halogens is 1. The van der Waals surface area contributed by atoms with Gasteiger partial charge in [-0.2, -0.15) is 11.8 Å². The van der Waals surface area contributed by atoms with Crippen LogP contribution in [0.5, 0.6) is 0 Å². The fourth-order valence-electron chi connectivity index (χ4n) is 2.59. The molecule has 1 aliphatic rings. The normalized spacial score (nSPS) is 22.6. The van der Waals surface area contributed by atoms with E-state index in [0.717, 1.165) is 19.3 Å². The molecule has 2 rings (SSSR count). The van der Waals surface area contributed by atoms with Crippen LogP contribution in [0.4, 0.5) is 4.39 Å². The van der Waals surface area contributed by atoms with Crippen molar-refractivity contribution in [2.45, 2.75) is 42.0 Å².